The lowest BCUT2D eigenvalue weighted by molar-refractivity contribution is 0.0465. The van der Waals surface area contributed by atoms with Gasteiger partial charge in [0.15, 0.2) is 0 Å². The lowest BCUT2D eigenvalue weighted by Gasteiger charge is -2.35. The van der Waals surface area contributed by atoms with E-state index in [1.165, 1.54) is 0 Å². The van der Waals surface area contributed by atoms with Crippen LogP contribution in [0.2, 0.25) is 0 Å². The van der Waals surface area contributed by atoms with Gasteiger partial charge in [0.2, 0.25) is 0 Å². The second kappa shape index (κ2) is 4.65. The first-order chi connectivity index (χ1) is 9.02. The van der Waals surface area contributed by atoms with Gasteiger partial charge in [-0.2, -0.15) is 0 Å². The van der Waals surface area contributed by atoms with Crippen molar-refractivity contribution in [3.63, 3.8) is 0 Å². The third-order valence-corrected chi connectivity index (χ3v) is 4.73. The molecule has 19 heavy (non-hydrogen) atoms. The van der Waals surface area contributed by atoms with Crippen molar-refractivity contribution in [2.75, 3.05) is 24.2 Å². The Balaban J connectivity index is 1.84. The van der Waals surface area contributed by atoms with Gasteiger partial charge in [-0.1, -0.05) is 0 Å². The number of nitrogen functional groups attached to an aromatic ring is 1. The van der Waals surface area contributed by atoms with E-state index in [1.807, 2.05) is 13.0 Å². The van der Waals surface area contributed by atoms with Crippen molar-refractivity contribution in [2.24, 2.45) is 5.92 Å². The van der Waals surface area contributed by atoms with Crippen LogP contribution < -0.4 is 10.6 Å². The molecule has 1 saturated carbocycles. The number of hydrogen-bond donors (Lipinski definition) is 2. The van der Waals surface area contributed by atoms with E-state index < -0.39 is 0 Å². The Morgan fingerprint density at radius 3 is 2.89 bits per heavy atom. The molecule has 4 nitrogen and oxygen atoms in total. The van der Waals surface area contributed by atoms with Crippen LogP contribution in [0.1, 0.15) is 17.8 Å². The number of aromatic nitrogens is 1. The van der Waals surface area contributed by atoms with E-state index >= 15 is 0 Å². The zero-order valence-electron chi connectivity index (χ0n) is 11.3. The van der Waals surface area contributed by atoms with Gasteiger partial charge in [-0.25, -0.2) is 4.98 Å². The fraction of sp³-hybridized carbons (Fsp3) is 0.500. The van der Waals surface area contributed by atoms with Gasteiger partial charge in [0.1, 0.15) is 0 Å². The number of thiazole rings is 1. The first kappa shape index (κ1) is 12.7. The maximum Gasteiger partial charge on any atom is 0.0907 e. The summed E-state index contributed by atoms with van der Waals surface area (Å²) in [5.41, 5.74) is 9.01. The Morgan fingerprint density at radius 2 is 2.21 bits per heavy atom. The molecule has 1 aromatic carbocycles. The van der Waals surface area contributed by atoms with Crippen LogP contribution in [0.5, 0.6) is 0 Å². The quantitative estimate of drug-likeness (QED) is 0.846. The van der Waals surface area contributed by atoms with Crippen LogP contribution in [-0.4, -0.2) is 29.8 Å². The molecule has 0 radical (unpaired) electrons. The van der Waals surface area contributed by atoms with Crippen molar-refractivity contribution in [3.8, 4) is 0 Å². The fourth-order valence-electron chi connectivity index (χ4n) is 2.76. The molecule has 1 aliphatic rings. The highest BCUT2D eigenvalue weighted by atomic mass is 32.1. The molecule has 0 unspecified atom stereocenters. The van der Waals surface area contributed by atoms with Gasteiger partial charge in [0.25, 0.3) is 0 Å². The standard InChI is InChI=1S/C14H19N3OS/c1-8-16-12-6-13(11(15)5-14(12)19-8)17(2)7-9-3-10(18)4-9/h5-6,9-10,18H,3-4,7,15H2,1-2H3. The van der Waals surface area contributed by atoms with Gasteiger partial charge in [-0.05, 0) is 37.8 Å². The Morgan fingerprint density at radius 1 is 1.47 bits per heavy atom. The van der Waals surface area contributed by atoms with Crippen LogP contribution in [-0.2, 0) is 0 Å². The number of aliphatic hydroxyl groups is 1. The molecule has 1 aromatic heterocycles. The van der Waals surface area contributed by atoms with Crippen molar-refractivity contribution >= 4 is 32.9 Å². The maximum atomic E-state index is 9.35. The van der Waals surface area contributed by atoms with Gasteiger partial charge in [0, 0.05) is 13.6 Å². The minimum atomic E-state index is -0.0978. The third kappa shape index (κ3) is 2.40. The summed E-state index contributed by atoms with van der Waals surface area (Å²) in [4.78, 5) is 6.70. The first-order valence-corrected chi connectivity index (χ1v) is 7.40. The highest BCUT2D eigenvalue weighted by Crippen LogP contribution is 2.34. The number of anilines is 2. The van der Waals surface area contributed by atoms with Gasteiger partial charge in [-0.3, -0.25) is 0 Å². The molecule has 3 N–H and O–H groups in total. The van der Waals surface area contributed by atoms with Crippen LogP contribution in [0.3, 0.4) is 0 Å². The molecule has 3 rings (SSSR count). The fourth-order valence-corrected chi connectivity index (χ4v) is 3.62. The van der Waals surface area contributed by atoms with E-state index in [9.17, 15) is 5.11 Å². The molecule has 5 heteroatoms. The van der Waals surface area contributed by atoms with Crippen LogP contribution in [0.25, 0.3) is 10.2 Å². The molecule has 0 spiro atoms. The Labute approximate surface area is 116 Å². The van der Waals surface area contributed by atoms with E-state index in [-0.39, 0.29) is 6.10 Å². The molecule has 0 amide bonds. The number of nitrogens with zero attached hydrogens (tertiary/aromatic N) is 2. The highest BCUT2D eigenvalue weighted by Gasteiger charge is 2.28. The van der Waals surface area contributed by atoms with Crippen molar-refractivity contribution in [2.45, 2.75) is 25.9 Å². The van der Waals surface area contributed by atoms with Gasteiger partial charge in [-0.15, -0.1) is 11.3 Å². The summed E-state index contributed by atoms with van der Waals surface area (Å²) in [5, 5.41) is 10.4. The summed E-state index contributed by atoms with van der Waals surface area (Å²) in [5.74, 6) is 0.576. The second-order valence-electron chi connectivity index (χ2n) is 5.48. The normalized spacial score (nSPS) is 22.5. The zero-order valence-corrected chi connectivity index (χ0v) is 12.1. The molecule has 0 aliphatic heterocycles. The van der Waals surface area contributed by atoms with E-state index in [4.69, 9.17) is 5.73 Å². The average Bonchev–Trinajstić information content (AvgIpc) is 2.65. The maximum absolute atomic E-state index is 9.35. The number of rotatable bonds is 3. The molecule has 102 valence electrons. The van der Waals surface area contributed by atoms with Crippen molar-refractivity contribution in [1.82, 2.24) is 4.98 Å². The Bertz CT molecular complexity index is 604. The molecule has 0 bridgehead atoms. The largest absolute Gasteiger partial charge is 0.397 e. The summed E-state index contributed by atoms with van der Waals surface area (Å²) in [6.45, 7) is 2.95. The van der Waals surface area contributed by atoms with Gasteiger partial charge < -0.3 is 15.7 Å². The predicted molar refractivity (Wildman–Crippen MR) is 80.8 cm³/mol. The summed E-state index contributed by atoms with van der Waals surface area (Å²) in [6.07, 6.45) is 1.71. The molecule has 2 aromatic rings. The van der Waals surface area contributed by atoms with E-state index in [2.05, 4.69) is 23.0 Å². The van der Waals surface area contributed by atoms with E-state index in [0.717, 1.165) is 46.0 Å². The summed E-state index contributed by atoms with van der Waals surface area (Å²) in [6, 6.07) is 4.09. The molecule has 1 aliphatic carbocycles. The van der Waals surface area contributed by atoms with E-state index in [1.54, 1.807) is 11.3 Å². The Kier molecular flexibility index (Phi) is 3.11. The summed E-state index contributed by atoms with van der Waals surface area (Å²) >= 11 is 1.67. The topological polar surface area (TPSA) is 62.4 Å². The minimum absolute atomic E-state index is 0.0978. The smallest absolute Gasteiger partial charge is 0.0907 e. The van der Waals surface area contributed by atoms with Crippen LogP contribution >= 0.6 is 11.3 Å². The molecule has 1 heterocycles. The molecule has 0 atom stereocenters. The summed E-state index contributed by atoms with van der Waals surface area (Å²) < 4.78 is 1.14. The van der Waals surface area contributed by atoms with Crippen LogP contribution in [0, 0.1) is 12.8 Å². The summed E-state index contributed by atoms with van der Waals surface area (Å²) in [7, 11) is 2.06. The van der Waals surface area contributed by atoms with Crippen molar-refractivity contribution in [3.05, 3.63) is 17.1 Å². The third-order valence-electron chi connectivity index (χ3n) is 3.80. The van der Waals surface area contributed by atoms with Gasteiger partial charge >= 0.3 is 0 Å². The van der Waals surface area contributed by atoms with Crippen LogP contribution in [0.4, 0.5) is 11.4 Å². The number of aliphatic hydroxyl groups excluding tert-OH is 1. The molecule has 0 saturated heterocycles. The van der Waals surface area contributed by atoms with Gasteiger partial charge in [0.05, 0.1) is 32.7 Å². The number of nitrogens with two attached hydrogens (primary N) is 1. The number of aryl methyl sites for hydroxylation is 1. The van der Waals surface area contributed by atoms with Crippen LogP contribution in [0.15, 0.2) is 12.1 Å². The van der Waals surface area contributed by atoms with Crippen molar-refractivity contribution in [1.29, 1.82) is 0 Å². The lowest BCUT2D eigenvalue weighted by atomic mass is 9.82. The highest BCUT2D eigenvalue weighted by molar-refractivity contribution is 7.18. The molecule has 1 fully saturated rings. The van der Waals surface area contributed by atoms with Crippen molar-refractivity contribution < 1.29 is 5.11 Å². The minimum Gasteiger partial charge on any atom is -0.397 e. The first-order valence-electron chi connectivity index (χ1n) is 6.59. The van der Waals surface area contributed by atoms with E-state index in [0.29, 0.717) is 5.92 Å². The SMILES string of the molecule is Cc1nc2cc(N(C)CC3CC(O)C3)c(N)cc2s1. The number of hydrogen-bond acceptors (Lipinski definition) is 5. The average molecular weight is 277 g/mol. The second-order valence-corrected chi connectivity index (χ2v) is 6.72. The Hall–Kier alpha value is -1.33. The number of fused-ring (bicyclic) bond motifs is 1. The predicted octanol–water partition coefficient (Wildman–Crippen LogP) is 2.39. The monoisotopic (exact) mass is 277 g/mol. The zero-order chi connectivity index (χ0) is 13.6. The lowest BCUT2D eigenvalue weighted by Crippen LogP contribution is -2.37. The number of benzene rings is 1. The molecular weight excluding hydrogens is 258 g/mol. The molecular formula is C14H19N3OS.